The average molecular weight is 485 g/mol. The molecule has 11 nitrogen and oxygen atoms in total. The molecule has 0 radical (unpaired) electrons. The summed E-state index contributed by atoms with van der Waals surface area (Å²) in [6.45, 7) is 15.2. The van der Waals surface area contributed by atoms with Gasteiger partial charge in [-0.2, -0.15) is 15.8 Å². The van der Waals surface area contributed by atoms with E-state index in [1.807, 2.05) is 12.1 Å². The molecule has 2 aromatic heterocycles. The zero-order valence-electron chi connectivity index (χ0n) is 18.3. The van der Waals surface area contributed by atoms with Crippen molar-refractivity contribution in [1.29, 1.82) is 15.8 Å². The molecule has 4 N–H and O–H groups in total. The van der Waals surface area contributed by atoms with Crippen LogP contribution in [0.1, 0.15) is 29.3 Å². The highest BCUT2D eigenvalue weighted by atomic mass is 35.5. The third-order valence-electron chi connectivity index (χ3n) is 3.49. The van der Waals surface area contributed by atoms with Crippen molar-refractivity contribution in [2.75, 3.05) is 0 Å². The van der Waals surface area contributed by atoms with E-state index < -0.39 is 5.24 Å². The molecular weight excluding hydrogens is 468 g/mol. The molecule has 0 aliphatic carbocycles. The summed E-state index contributed by atoms with van der Waals surface area (Å²) in [5.41, 5.74) is 11.8. The predicted octanol–water partition coefficient (Wildman–Crippen LogP) is 3.44. The van der Waals surface area contributed by atoms with Gasteiger partial charge in [0, 0.05) is 43.7 Å². The Kier molecular flexibility index (Phi) is 14.4. The zero-order valence-corrected chi connectivity index (χ0v) is 19.1. The van der Waals surface area contributed by atoms with E-state index in [2.05, 4.69) is 24.7 Å². The number of halogens is 1. The Morgan fingerprint density at radius 2 is 1.57 bits per heavy atom. The summed E-state index contributed by atoms with van der Waals surface area (Å²) in [4.78, 5) is 28.7. The van der Waals surface area contributed by atoms with Gasteiger partial charge in [-0.15, -0.1) is 4.99 Å². The number of nitriles is 3. The van der Waals surface area contributed by atoms with Crippen LogP contribution in [0.5, 0.6) is 0 Å². The van der Waals surface area contributed by atoms with Crippen molar-refractivity contribution < 1.29 is 4.79 Å². The van der Waals surface area contributed by atoms with Crippen molar-refractivity contribution in [1.82, 2.24) is 9.97 Å². The van der Waals surface area contributed by atoms with E-state index in [0.29, 0.717) is 17.7 Å². The van der Waals surface area contributed by atoms with Gasteiger partial charge in [0.25, 0.3) is 11.1 Å². The Balaban J connectivity index is 0.000000499. The molecule has 0 fully saturated rings. The minimum Gasteiger partial charge on any atom is -0.388 e. The smallest absolute Gasteiger partial charge is 0.270 e. The van der Waals surface area contributed by atoms with Crippen molar-refractivity contribution >= 4 is 22.6 Å². The van der Waals surface area contributed by atoms with Gasteiger partial charge in [0.2, 0.25) is 0 Å². The third-order valence-corrected chi connectivity index (χ3v) is 3.71. The quantitative estimate of drug-likeness (QED) is 0.368. The van der Waals surface area contributed by atoms with Crippen LogP contribution in [0.3, 0.4) is 0 Å². The second-order valence-electron chi connectivity index (χ2n) is 5.76. The number of nitrogens with two attached hydrogens (primary N) is 2. The Morgan fingerprint density at radius 1 is 1.03 bits per heavy atom. The van der Waals surface area contributed by atoms with Crippen LogP contribution in [-0.2, 0) is 0 Å². The van der Waals surface area contributed by atoms with Crippen LogP contribution in [-0.4, -0.2) is 20.9 Å². The van der Waals surface area contributed by atoms with E-state index in [1.165, 1.54) is 25.3 Å². The molecule has 0 atom stereocenters. The first-order chi connectivity index (χ1) is 16.8. The second-order valence-corrected chi connectivity index (χ2v) is 6.10. The molecule has 2 aromatic rings. The predicted molar refractivity (Wildman–Crippen MR) is 128 cm³/mol. The molecule has 1 aliphatic heterocycles. The van der Waals surface area contributed by atoms with Gasteiger partial charge in [0.05, 0.1) is 18.2 Å². The van der Waals surface area contributed by atoms with E-state index in [9.17, 15) is 4.79 Å². The van der Waals surface area contributed by atoms with E-state index in [-0.39, 0.29) is 17.2 Å². The molecule has 3 rings (SSSR count). The summed E-state index contributed by atoms with van der Waals surface area (Å²) in [5, 5.41) is 22.8. The normalized spacial score (nSPS) is 11.2. The third kappa shape index (κ3) is 11.1. The standard InChI is InChI=1S/C11H6N4.C6H4ClNO.C4H4N4.C2H3N/c1-12-10-6-9(15-11(10)13-2)8-4-3-5-14-7-8;7-6(9)5-2-1-3-8-4-5;5-1-3(7)4(8)2-6;1-2-3/h3-5,7H,6H2;1-4H;7-8H2;1H3/b;;4-3-;. The molecule has 35 heavy (non-hydrogen) atoms. The van der Waals surface area contributed by atoms with E-state index in [0.717, 1.165) is 11.3 Å². The SMILES string of the molecule is CC#N.N#C/C(N)=C(/N)C#N.O=C(Cl)c1cccnc1.[C-]#[N+]C1=C([N+]#[C-])N=C(c2cccnc2)C1. The minimum absolute atomic E-state index is 0.212. The highest BCUT2D eigenvalue weighted by Crippen LogP contribution is 2.24. The van der Waals surface area contributed by atoms with Gasteiger partial charge in [0.15, 0.2) is 5.70 Å². The van der Waals surface area contributed by atoms with Gasteiger partial charge in [-0.1, -0.05) is 6.57 Å². The summed E-state index contributed by atoms with van der Waals surface area (Å²) in [5.74, 6) is 0.212. The zero-order chi connectivity index (χ0) is 26.6. The molecule has 0 spiro atoms. The van der Waals surface area contributed by atoms with Gasteiger partial charge in [-0.3, -0.25) is 19.6 Å². The Hall–Kier alpha value is -5.54. The first-order valence-corrected chi connectivity index (χ1v) is 9.59. The van der Waals surface area contributed by atoms with E-state index >= 15 is 0 Å². The number of aromatic nitrogens is 2. The monoisotopic (exact) mass is 484 g/mol. The maximum absolute atomic E-state index is 10.4. The molecule has 0 saturated carbocycles. The number of rotatable bonds is 2. The molecule has 0 unspecified atom stereocenters. The highest BCUT2D eigenvalue weighted by molar-refractivity contribution is 6.67. The fourth-order valence-electron chi connectivity index (χ4n) is 1.95. The van der Waals surface area contributed by atoms with Crippen molar-refractivity contribution in [3.8, 4) is 18.2 Å². The molecule has 172 valence electrons. The number of carbonyl (C=O) groups is 1. The lowest BCUT2D eigenvalue weighted by Gasteiger charge is -1.94. The summed E-state index contributed by atoms with van der Waals surface area (Å²) in [6, 6.07) is 11.8. The highest BCUT2D eigenvalue weighted by Gasteiger charge is 2.22. The first kappa shape index (κ1) is 29.5. The Bertz CT molecular complexity index is 1290. The van der Waals surface area contributed by atoms with E-state index in [1.54, 1.807) is 36.8 Å². The van der Waals surface area contributed by atoms with Gasteiger partial charge in [0.1, 0.15) is 29.2 Å². The van der Waals surface area contributed by atoms with Crippen LogP contribution in [0.2, 0.25) is 0 Å². The lowest BCUT2D eigenvalue weighted by atomic mass is 10.1. The fraction of sp³-hybridized carbons (Fsp3) is 0.0870. The Morgan fingerprint density at radius 3 is 1.89 bits per heavy atom. The number of aliphatic imine (C=N–C) groups is 1. The average Bonchev–Trinajstić information content (AvgIpc) is 3.33. The molecule has 0 aromatic carbocycles. The number of nitrogens with zero attached hydrogens (tertiary/aromatic N) is 8. The fourth-order valence-corrected chi connectivity index (χ4v) is 2.06. The first-order valence-electron chi connectivity index (χ1n) is 9.21. The number of allylic oxidation sites excluding steroid dienone is 3. The van der Waals surface area contributed by atoms with Crippen molar-refractivity contribution in [3.05, 3.63) is 106 Å². The number of carbonyl (C=O) groups excluding carboxylic acids is 1. The topological polar surface area (TPSA) is 187 Å². The molecule has 0 saturated heterocycles. The van der Waals surface area contributed by atoms with Crippen molar-refractivity contribution in [2.45, 2.75) is 13.3 Å². The summed E-state index contributed by atoms with van der Waals surface area (Å²) < 4.78 is 0. The molecular formula is C23H17ClN10O. The van der Waals surface area contributed by atoms with Crippen LogP contribution >= 0.6 is 11.6 Å². The van der Waals surface area contributed by atoms with Crippen LogP contribution in [0.4, 0.5) is 0 Å². The lowest BCUT2D eigenvalue weighted by Crippen LogP contribution is -2.05. The van der Waals surface area contributed by atoms with Crippen LogP contribution in [0, 0.1) is 47.1 Å². The van der Waals surface area contributed by atoms with Crippen LogP contribution in [0.15, 0.2) is 77.0 Å². The summed E-state index contributed by atoms with van der Waals surface area (Å²) in [6.07, 6.45) is 6.82. The van der Waals surface area contributed by atoms with Gasteiger partial charge < -0.3 is 16.3 Å². The van der Waals surface area contributed by atoms with E-state index in [4.69, 9.17) is 52.0 Å². The van der Waals surface area contributed by atoms with Crippen molar-refractivity contribution in [3.63, 3.8) is 0 Å². The molecule has 0 amide bonds. The number of hydrogen-bond acceptors (Lipinski definition) is 9. The van der Waals surface area contributed by atoms with Gasteiger partial charge >= 0.3 is 0 Å². The summed E-state index contributed by atoms with van der Waals surface area (Å²) >= 11 is 5.12. The molecule has 0 bridgehead atoms. The van der Waals surface area contributed by atoms with Gasteiger partial charge in [-0.25, -0.2) is 0 Å². The lowest BCUT2D eigenvalue weighted by molar-refractivity contribution is 0.108. The van der Waals surface area contributed by atoms with Crippen LogP contribution in [0.25, 0.3) is 9.69 Å². The largest absolute Gasteiger partial charge is 0.388 e. The molecule has 1 aliphatic rings. The minimum atomic E-state index is -0.469. The molecule has 12 heteroatoms. The maximum Gasteiger partial charge on any atom is 0.270 e. The van der Waals surface area contributed by atoms with Gasteiger partial charge in [-0.05, 0) is 35.9 Å². The van der Waals surface area contributed by atoms with Crippen molar-refractivity contribution in [2.24, 2.45) is 16.5 Å². The van der Waals surface area contributed by atoms with Crippen LogP contribution < -0.4 is 11.5 Å². The molecule has 3 heterocycles. The maximum atomic E-state index is 10.4. The summed E-state index contributed by atoms with van der Waals surface area (Å²) in [7, 11) is 0. The second kappa shape index (κ2) is 17.1. The Labute approximate surface area is 207 Å². The number of hydrogen-bond donors (Lipinski definition) is 2. The number of pyridine rings is 2.